The first kappa shape index (κ1) is 15.3. The number of carbonyl (C=O) groups excluding carboxylic acids is 2. The van der Waals surface area contributed by atoms with Crippen LogP contribution in [0.4, 0.5) is 13.2 Å². The molecule has 4 nitrogen and oxygen atoms in total. The van der Waals surface area contributed by atoms with E-state index >= 15 is 0 Å². The fourth-order valence-electron chi connectivity index (χ4n) is 3.36. The van der Waals surface area contributed by atoms with Gasteiger partial charge in [0.25, 0.3) is 0 Å². The molecular weight excluding hydrogens is 273 g/mol. The summed E-state index contributed by atoms with van der Waals surface area (Å²) in [4.78, 5) is 23.9. The molecule has 2 aliphatic rings. The van der Waals surface area contributed by atoms with Gasteiger partial charge < -0.3 is 10.2 Å². The minimum atomic E-state index is -4.82. The molecule has 2 saturated heterocycles. The van der Waals surface area contributed by atoms with Crippen molar-refractivity contribution in [3.05, 3.63) is 0 Å². The molecule has 0 unspecified atom stereocenters. The summed E-state index contributed by atoms with van der Waals surface area (Å²) in [5.41, 5.74) is -0.799. The molecule has 20 heavy (non-hydrogen) atoms. The van der Waals surface area contributed by atoms with E-state index in [9.17, 15) is 22.8 Å². The van der Waals surface area contributed by atoms with Gasteiger partial charge >= 0.3 is 12.1 Å². The van der Waals surface area contributed by atoms with Crippen LogP contribution in [0.5, 0.6) is 0 Å². The van der Waals surface area contributed by atoms with Crippen LogP contribution in [-0.4, -0.2) is 46.9 Å². The zero-order valence-corrected chi connectivity index (χ0v) is 11.6. The molecule has 0 aromatic carbocycles. The Morgan fingerprint density at radius 2 is 1.75 bits per heavy atom. The Bertz CT molecular complexity index is 424. The first-order chi connectivity index (χ1) is 9.03. The Morgan fingerprint density at radius 3 is 2.20 bits per heavy atom. The van der Waals surface area contributed by atoms with Gasteiger partial charge in [-0.05, 0) is 26.7 Å². The van der Waals surface area contributed by atoms with Gasteiger partial charge in [0.1, 0.15) is 5.78 Å². The number of alkyl halides is 3. The highest BCUT2D eigenvalue weighted by Gasteiger charge is 2.48. The number of hydrogen-bond donors (Lipinski definition) is 1. The molecule has 2 rings (SSSR count). The normalized spacial score (nSPS) is 25.9. The lowest BCUT2D eigenvalue weighted by molar-refractivity contribution is -0.187. The number of nitrogens with one attached hydrogen (secondary N) is 1. The molecule has 114 valence electrons. The maximum absolute atomic E-state index is 12.4. The van der Waals surface area contributed by atoms with Gasteiger partial charge in [-0.2, -0.15) is 13.2 Å². The monoisotopic (exact) mass is 292 g/mol. The largest absolute Gasteiger partial charge is 0.471 e. The first-order valence-electron chi connectivity index (χ1n) is 6.70. The highest BCUT2D eigenvalue weighted by molar-refractivity contribution is 5.83. The molecule has 1 amide bonds. The highest BCUT2D eigenvalue weighted by atomic mass is 19.4. The molecule has 0 aromatic heterocycles. The molecule has 0 aromatic rings. The van der Waals surface area contributed by atoms with Gasteiger partial charge in [0, 0.05) is 37.0 Å². The lowest BCUT2D eigenvalue weighted by Crippen LogP contribution is -2.65. The smallest absolute Gasteiger partial charge is 0.335 e. The molecule has 0 radical (unpaired) electrons. The standard InChI is InChI=1S/C13H19F3N2O2/c1-11(2)7-9(19)8-12(17-11)3-5-18(6-4-12)10(20)13(14,15)16/h17H,3-8H2,1-2H3. The van der Waals surface area contributed by atoms with Crippen molar-refractivity contribution >= 4 is 11.7 Å². The number of Topliss-reactive ketones (excluding diaryl/α,β-unsaturated/α-hetero) is 1. The molecular formula is C13H19F3N2O2. The molecule has 1 N–H and O–H groups in total. The number of amides is 1. The third-order valence-electron chi connectivity index (χ3n) is 4.03. The average Bonchev–Trinajstić information content (AvgIpc) is 2.24. The summed E-state index contributed by atoms with van der Waals surface area (Å²) in [5, 5.41) is 3.40. The number of nitrogens with zero attached hydrogens (tertiary/aromatic N) is 1. The van der Waals surface area contributed by atoms with Gasteiger partial charge in [0.05, 0.1) is 0 Å². The Labute approximate surface area is 115 Å². The average molecular weight is 292 g/mol. The molecule has 2 fully saturated rings. The number of likely N-dealkylation sites (tertiary alicyclic amines) is 1. The fraction of sp³-hybridized carbons (Fsp3) is 0.846. The van der Waals surface area contributed by atoms with E-state index in [2.05, 4.69) is 5.32 Å². The third-order valence-corrected chi connectivity index (χ3v) is 4.03. The van der Waals surface area contributed by atoms with Gasteiger partial charge in [0.2, 0.25) is 0 Å². The zero-order chi connectivity index (χ0) is 15.2. The summed E-state index contributed by atoms with van der Waals surface area (Å²) in [6.45, 7) is 3.90. The molecule has 0 atom stereocenters. The SMILES string of the molecule is CC1(C)CC(=O)CC2(CCN(C(=O)C(F)(F)F)CC2)N1. The van der Waals surface area contributed by atoms with E-state index in [1.807, 2.05) is 13.8 Å². The molecule has 0 saturated carbocycles. The number of rotatable bonds is 0. The highest BCUT2D eigenvalue weighted by Crippen LogP contribution is 2.35. The second kappa shape index (κ2) is 4.72. The second-order valence-corrected chi connectivity index (χ2v) is 6.47. The predicted molar refractivity (Wildman–Crippen MR) is 66.1 cm³/mol. The van der Waals surface area contributed by atoms with Crippen LogP contribution in [0.15, 0.2) is 0 Å². The van der Waals surface area contributed by atoms with E-state index in [0.29, 0.717) is 25.7 Å². The Balaban J connectivity index is 2.03. The summed E-state index contributed by atoms with van der Waals surface area (Å²) in [6, 6.07) is 0. The minimum Gasteiger partial charge on any atom is -0.335 e. The van der Waals surface area contributed by atoms with E-state index in [4.69, 9.17) is 0 Å². The van der Waals surface area contributed by atoms with Crippen LogP contribution in [-0.2, 0) is 9.59 Å². The summed E-state index contributed by atoms with van der Waals surface area (Å²) >= 11 is 0. The zero-order valence-electron chi connectivity index (χ0n) is 11.6. The van der Waals surface area contributed by atoms with Crippen LogP contribution in [0, 0.1) is 0 Å². The van der Waals surface area contributed by atoms with Crippen molar-refractivity contribution in [2.75, 3.05) is 13.1 Å². The molecule has 0 aliphatic carbocycles. The van der Waals surface area contributed by atoms with Gasteiger partial charge in [-0.15, -0.1) is 0 Å². The maximum Gasteiger partial charge on any atom is 0.471 e. The first-order valence-corrected chi connectivity index (χ1v) is 6.70. The Morgan fingerprint density at radius 1 is 1.20 bits per heavy atom. The van der Waals surface area contributed by atoms with Gasteiger partial charge in [0.15, 0.2) is 0 Å². The van der Waals surface area contributed by atoms with E-state index in [1.165, 1.54) is 0 Å². The van der Waals surface area contributed by atoms with Crippen LogP contribution < -0.4 is 5.32 Å². The van der Waals surface area contributed by atoms with E-state index < -0.39 is 17.6 Å². The van der Waals surface area contributed by atoms with Crippen molar-refractivity contribution in [1.82, 2.24) is 10.2 Å². The van der Waals surface area contributed by atoms with Crippen molar-refractivity contribution in [2.24, 2.45) is 0 Å². The number of ketones is 1. The topological polar surface area (TPSA) is 49.4 Å². The number of carbonyl (C=O) groups is 2. The van der Waals surface area contributed by atoms with Crippen LogP contribution in [0.3, 0.4) is 0 Å². The van der Waals surface area contributed by atoms with Gasteiger partial charge in [-0.3, -0.25) is 9.59 Å². The van der Waals surface area contributed by atoms with E-state index in [-0.39, 0.29) is 24.4 Å². The van der Waals surface area contributed by atoms with Crippen molar-refractivity contribution in [2.45, 2.75) is 56.8 Å². The molecule has 0 bridgehead atoms. The quantitative estimate of drug-likeness (QED) is 0.738. The maximum atomic E-state index is 12.4. The van der Waals surface area contributed by atoms with Crippen LogP contribution in [0.1, 0.15) is 39.5 Å². The predicted octanol–water partition coefficient (Wildman–Crippen LogP) is 1.64. The molecule has 7 heteroatoms. The molecule has 2 aliphatic heterocycles. The van der Waals surface area contributed by atoms with Crippen molar-refractivity contribution in [1.29, 1.82) is 0 Å². The number of hydrogen-bond acceptors (Lipinski definition) is 3. The Kier molecular flexibility index (Phi) is 3.60. The van der Waals surface area contributed by atoms with Crippen LogP contribution in [0.25, 0.3) is 0 Å². The molecule has 2 heterocycles. The fourth-order valence-corrected chi connectivity index (χ4v) is 3.36. The van der Waals surface area contributed by atoms with Gasteiger partial charge in [-0.1, -0.05) is 0 Å². The lowest BCUT2D eigenvalue weighted by atomic mass is 9.74. The summed E-state index contributed by atoms with van der Waals surface area (Å²) in [6.07, 6.45) is -3.29. The lowest BCUT2D eigenvalue weighted by Gasteiger charge is -2.49. The van der Waals surface area contributed by atoms with Crippen molar-refractivity contribution in [3.63, 3.8) is 0 Å². The van der Waals surface area contributed by atoms with Crippen LogP contribution >= 0.6 is 0 Å². The van der Waals surface area contributed by atoms with Crippen LogP contribution in [0.2, 0.25) is 0 Å². The number of halogens is 3. The van der Waals surface area contributed by atoms with Gasteiger partial charge in [-0.25, -0.2) is 0 Å². The summed E-state index contributed by atoms with van der Waals surface area (Å²) < 4.78 is 37.2. The van der Waals surface area contributed by atoms with Crippen molar-refractivity contribution < 1.29 is 22.8 Å². The number of piperidine rings is 2. The van der Waals surface area contributed by atoms with E-state index in [1.54, 1.807) is 0 Å². The summed E-state index contributed by atoms with van der Waals surface area (Å²) in [5.74, 6) is -1.65. The van der Waals surface area contributed by atoms with Crippen molar-refractivity contribution in [3.8, 4) is 0 Å². The third kappa shape index (κ3) is 3.13. The minimum absolute atomic E-state index is 0.0364. The Hall–Kier alpha value is -1.11. The van der Waals surface area contributed by atoms with E-state index in [0.717, 1.165) is 4.90 Å². The summed E-state index contributed by atoms with van der Waals surface area (Å²) in [7, 11) is 0. The molecule has 1 spiro atoms. The second-order valence-electron chi connectivity index (χ2n) is 6.47.